The second kappa shape index (κ2) is 3.80. The lowest BCUT2D eigenvalue weighted by molar-refractivity contribution is 0.308. The Balaban J connectivity index is 3.56. The first-order chi connectivity index (χ1) is 4.45. The molecule has 0 radical (unpaired) electrons. The molecule has 0 heteroatoms. The van der Waals surface area contributed by atoms with Gasteiger partial charge in [0.2, 0.25) is 0 Å². The standard InChI is InChI=1S/C10H20/c1-6-7-9(2)8-10(3,4)5/h6,9H,1,7-8H2,2-5H3. The molecule has 1 atom stereocenters. The van der Waals surface area contributed by atoms with Crippen molar-refractivity contribution >= 4 is 0 Å². The van der Waals surface area contributed by atoms with Gasteiger partial charge < -0.3 is 0 Å². The van der Waals surface area contributed by atoms with E-state index in [9.17, 15) is 0 Å². The highest BCUT2D eigenvalue weighted by molar-refractivity contribution is 4.74. The van der Waals surface area contributed by atoms with E-state index in [1.54, 1.807) is 0 Å². The molecule has 0 aromatic rings. The first kappa shape index (κ1) is 9.74. The smallest absolute Gasteiger partial charge is 0.0327 e. The van der Waals surface area contributed by atoms with Crippen LogP contribution in [-0.2, 0) is 0 Å². The third-order valence-corrected chi connectivity index (χ3v) is 1.53. The van der Waals surface area contributed by atoms with Gasteiger partial charge in [0.15, 0.2) is 0 Å². The zero-order chi connectivity index (χ0) is 8.20. The van der Waals surface area contributed by atoms with Crippen LogP contribution in [0.15, 0.2) is 12.7 Å². The van der Waals surface area contributed by atoms with Crippen molar-refractivity contribution in [3.63, 3.8) is 0 Å². The summed E-state index contributed by atoms with van der Waals surface area (Å²) >= 11 is 0. The van der Waals surface area contributed by atoms with Crippen LogP contribution >= 0.6 is 0 Å². The molecule has 0 amide bonds. The van der Waals surface area contributed by atoms with Crippen LogP contribution in [0.4, 0.5) is 0 Å². The summed E-state index contributed by atoms with van der Waals surface area (Å²) in [5.41, 5.74) is 0.475. The molecule has 0 bridgehead atoms. The van der Waals surface area contributed by atoms with E-state index in [2.05, 4.69) is 34.3 Å². The largest absolute Gasteiger partial charge is 0.103 e. The molecule has 0 saturated heterocycles. The predicted molar refractivity (Wildman–Crippen MR) is 48.1 cm³/mol. The third kappa shape index (κ3) is 5.87. The fraction of sp³-hybridized carbons (Fsp3) is 0.800. The van der Waals surface area contributed by atoms with E-state index in [0.29, 0.717) is 5.41 Å². The van der Waals surface area contributed by atoms with Crippen molar-refractivity contribution in [2.75, 3.05) is 0 Å². The summed E-state index contributed by atoms with van der Waals surface area (Å²) in [6, 6.07) is 0. The van der Waals surface area contributed by atoms with Gasteiger partial charge >= 0.3 is 0 Å². The highest BCUT2D eigenvalue weighted by Crippen LogP contribution is 2.25. The molecular formula is C10H20. The van der Waals surface area contributed by atoms with E-state index in [0.717, 1.165) is 12.3 Å². The van der Waals surface area contributed by atoms with Crippen LogP contribution in [0.1, 0.15) is 40.5 Å². The van der Waals surface area contributed by atoms with Crippen molar-refractivity contribution in [3.8, 4) is 0 Å². The van der Waals surface area contributed by atoms with Crippen molar-refractivity contribution in [3.05, 3.63) is 12.7 Å². The quantitative estimate of drug-likeness (QED) is 0.525. The molecule has 0 rings (SSSR count). The molecule has 0 aromatic heterocycles. The first-order valence-corrected chi connectivity index (χ1v) is 4.06. The number of allylic oxidation sites excluding steroid dienone is 1. The summed E-state index contributed by atoms with van der Waals surface area (Å²) in [7, 11) is 0. The van der Waals surface area contributed by atoms with Gasteiger partial charge in [-0.15, -0.1) is 6.58 Å². The summed E-state index contributed by atoms with van der Waals surface area (Å²) in [5, 5.41) is 0. The van der Waals surface area contributed by atoms with Crippen LogP contribution in [0.5, 0.6) is 0 Å². The van der Waals surface area contributed by atoms with Crippen LogP contribution in [0, 0.1) is 11.3 Å². The Kier molecular flexibility index (Phi) is 3.70. The van der Waals surface area contributed by atoms with Crippen molar-refractivity contribution in [1.82, 2.24) is 0 Å². The SMILES string of the molecule is C=CCC(C)CC(C)(C)C. The van der Waals surface area contributed by atoms with Crippen molar-refractivity contribution in [2.45, 2.75) is 40.5 Å². The molecule has 60 valence electrons. The summed E-state index contributed by atoms with van der Waals surface area (Å²) < 4.78 is 0. The topological polar surface area (TPSA) is 0 Å². The summed E-state index contributed by atoms with van der Waals surface area (Å²) in [4.78, 5) is 0. The molecule has 0 aliphatic heterocycles. The average molecular weight is 140 g/mol. The van der Waals surface area contributed by atoms with E-state index < -0.39 is 0 Å². The summed E-state index contributed by atoms with van der Waals surface area (Å²) in [6.45, 7) is 12.9. The van der Waals surface area contributed by atoms with E-state index in [1.807, 2.05) is 6.08 Å². The maximum Gasteiger partial charge on any atom is -0.0327 e. The first-order valence-electron chi connectivity index (χ1n) is 4.06. The zero-order valence-electron chi connectivity index (χ0n) is 7.78. The lowest BCUT2D eigenvalue weighted by Crippen LogP contribution is -2.10. The lowest BCUT2D eigenvalue weighted by atomic mass is 9.84. The van der Waals surface area contributed by atoms with Crippen LogP contribution in [0.25, 0.3) is 0 Å². The monoisotopic (exact) mass is 140 g/mol. The molecule has 0 N–H and O–H groups in total. The third-order valence-electron chi connectivity index (χ3n) is 1.53. The zero-order valence-corrected chi connectivity index (χ0v) is 7.78. The van der Waals surface area contributed by atoms with E-state index in [1.165, 1.54) is 6.42 Å². The van der Waals surface area contributed by atoms with Gasteiger partial charge in [0.1, 0.15) is 0 Å². The Hall–Kier alpha value is -0.260. The Bertz CT molecular complexity index is 95.1. The van der Waals surface area contributed by atoms with Crippen molar-refractivity contribution in [2.24, 2.45) is 11.3 Å². The predicted octanol–water partition coefficient (Wildman–Crippen LogP) is 3.63. The summed E-state index contributed by atoms with van der Waals surface area (Å²) in [6.07, 6.45) is 4.45. The average Bonchev–Trinajstić information content (AvgIpc) is 1.59. The fourth-order valence-corrected chi connectivity index (χ4v) is 1.41. The minimum atomic E-state index is 0.475. The maximum absolute atomic E-state index is 3.73. The van der Waals surface area contributed by atoms with Gasteiger partial charge in [0.25, 0.3) is 0 Å². The minimum Gasteiger partial charge on any atom is -0.103 e. The molecule has 0 aliphatic carbocycles. The van der Waals surface area contributed by atoms with E-state index in [4.69, 9.17) is 0 Å². The minimum absolute atomic E-state index is 0.475. The number of hydrogen-bond acceptors (Lipinski definition) is 0. The van der Waals surface area contributed by atoms with Gasteiger partial charge in [-0.05, 0) is 24.2 Å². The van der Waals surface area contributed by atoms with Crippen LogP contribution < -0.4 is 0 Å². The molecule has 0 nitrogen and oxygen atoms in total. The highest BCUT2D eigenvalue weighted by Gasteiger charge is 2.13. The van der Waals surface area contributed by atoms with Gasteiger partial charge in [-0.25, -0.2) is 0 Å². The molecule has 0 aliphatic rings. The molecule has 0 heterocycles. The molecular weight excluding hydrogens is 120 g/mol. The van der Waals surface area contributed by atoms with Gasteiger partial charge in [-0.3, -0.25) is 0 Å². The molecule has 10 heavy (non-hydrogen) atoms. The number of hydrogen-bond donors (Lipinski definition) is 0. The Morgan fingerprint density at radius 2 is 1.90 bits per heavy atom. The Morgan fingerprint density at radius 3 is 2.20 bits per heavy atom. The summed E-state index contributed by atoms with van der Waals surface area (Å²) in [5.74, 6) is 0.789. The van der Waals surface area contributed by atoms with Crippen LogP contribution in [0.3, 0.4) is 0 Å². The number of rotatable bonds is 3. The second-order valence-corrected chi connectivity index (χ2v) is 4.39. The van der Waals surface area contributed by atoms with Crippen LogP contribution in [0.2, 0.25) is 0 Å². The molecule has 1 unspecified atom stereocenters. The Morgan fingerprint density at radius 1 is 1.40 bits per heavy atom. The van der Waals surface area contributed by atoms with Gasteiger partial charge in [-0.1, -0.05) is 33.8 Å². The fourth-order valence-electron chi connectivity index (χ4n) is 1.41. The maximum atomic E-state index is 3.73. The van der Waals surface area contributed by atoms with E-state index >= 15 is 0 Å². The second-order valence-electron chi connectivity index (χ2n) is 4.39. The molecule has 0 aromatic carbocycles. The van der Waals surface area contributed by atoms with E-state index in [-0.39, 0.29) is 0 Å². The Labute approximate surface area is 65.3 Å². The van der Waals surface area contributed by atoms with Crippen molar-refractivity contribution in [1.29, 1.82) is 0 Å². The molecule has 0 fully saturated rings. The highest BCUT2D eigenvalue weighted by atomic mass is 14.2. The normalized spacial score (nSPS) is 14.8. The van der Waals surface area contributed by atoms with Crippen LogP contribution in [-0.4, -0.2) is 0 Å². The molecule has 0 spiro atoms. The van der Waals surface area contributed by atoms with Gasteiger partial charge in [-0.2, -0.15) is 0 Å². The van der Waals surface area contributed by atoms with Gasteiger partial charge in [0.05, 0.1) is 0 Å². The lowest BCUT2D eigenvalue weighted by Gasteiger charge is -2.22. The molecule has 0 saturated carbocycles. The van der Waals surface area contributed by atoms with Gasteiger partial charge in [0, 0.05) is 0 Å². The van der Waals surface area contributed by atoms with Crippen molar-refractivity contribution < 1.29 is 0 Å².